The van der Waals surface area contributed by atoms with Gasteiger partial charge in [0, 0.05) is 30.3 Å². The van der Waals surface area contributed by atoms with Gasteiger partial charge in [-0.2, -0.15) is 0 Å². The van der Waals surface area contributed by atoms with E-state index in [-0.39, 0.29) is 0 Å². The van der Waals surface area contributed by atoms with Crippen LogP contribution >= 0.6 is 0 Å². The van der Waals surface area contributed by atoms with Gasteiger partial charge in [-0.15, -0.1) is 0 Å². The summed E-state index contributed by atoms with van der Waals surface area (Å²) in [6, 6.07) is 11.7. The quantitative estimate of drug-likeness (QED) is 0.415. The lowest BCUT2D eigenvalue weighted by Gasteiger charge is -2.08. The van der Waals surface area contributed by atoms with Gasteiger partial charge in [0.2, 0.25) is 0 Å². The van der Waals surface area contributed by atoms with Crippen molar-refractivity contribution in [1.82, 2.24) is 10.3 Å². The number of pyridine rings is 1. The van der Waals surface area contributed by atoms with E-state index in [9.17, 15) is 0 Å². The van der Waals surface area contributed by atoms with Crippen LogP contribution in [0.4, 0.5) is 11.4 Å². The molecule has 0 fully saturated rings. The second kappa shape index (κ2) is 5.86. The van der Waals surface area contributed by atoms with Crippen molar-refractivity contribution >= 4 is 11.4 Å². The van der Waals surface area contributed by atoms with Crippen LogP contribution < -0.4 is 16.4 Å². The summed E-state index contributed by atoms with van der Waals surface area (Å²) in [7, 11) is 0. The zero-order valence-corrected chi connectivity index (χ0v) is 9.56. The fraction of sp³-hybridized carbons (Fsp3) is 0.154. The molecule has 17 heavy (non-hydrogen) atoms. The number of nitrogens with one attached hydrogen (secondary N) is 2. The molecule has 1 aromatic heterocycles. The van der Waals surface area contributed by atoms with E-state index >= 15 is 0 Å². The number of aromatic nitrogens is 1. The molecule has 4 N–H and O–H groups in total. The Labute approximate surface area is 101 Å². The second-order valence-corrected chi connectivity index (χ2v) is 3.76. The number of benzene rings is 1. The molecule has 0 saturated carbocycles. The first-order valence-electron chi connectivity index (χ1n) is 5.53. The summed E-state index contributed by atoms with van der Waals surface area (Å²) in [5, 5.41) is 6.54. The Morgan fingerprint density at radius 2 is 1.94 bits per heavy atom. The average molecular weight is 228 g/mol. The van der Waals surface area contributed by atoms with Crippen molar-refractivity contribution in [3.8, 4) is 0 Å². The number of anilines is 2. The van der Waals surface area contributed by atoms with E-state index in [1.807, 2.05) is 42.6 Å². The van der Waals surface area contributed by atoms with Crippen LogP contribution in [0.25, 0.3) is 0 Å². The van der Waals surface area contributed by atoms with Crippen LogP contribution in [-0.4, -0.2) is 11.7 Å². The van der Waals surface area contributed by atoms with Crippen molar-refractivity contribution < 1.29 is 0 Å². The van der Waals surface area contributed by atoms with Gasteiger partial charge < -0.3 is 11.1 Å². The lowest BCUT2D eigenvalue weighted by Crippen LogP contribution is -2.21. The fourth-order valence-corrected chi connectivity index (χ4v) is 1.48. The predicted octanol–water partition coefficient (Wildman–Crippen LogP) is 1.82. The van der Waals surface area contributed by atoms with Gasteiger partial charge in [0.1, 0.15) is 0 Å². The molecule has 0 spiro atoms. The molecule has 1 aromatic carbocycles. The highest BCUT2D eigenvalue weighted by molar-refractivity contribution is 5.50. The van der Waals surface area contributed by atoms with Gasteiger partial charge >= 0.3 is 0 Å². The third kappa shape index (κ3) is 3.77. The maximum Gasteiger partial charge on any atom is 0.0655 e. The maximum absolute atomic E-state index is 5.61. The molecule has 0 aliphatic heterocycles. The zero-order chi connectivity index (χ0) is 11.9. The Hall–Kier alpha value is -2.07. The molecule has 88 valence electrons. The van der Waals surface area contributed by atoms with Crippen LogP contribution in [0.1, 0.15) is 5.56 Å². The topological polar surface area (TPSA) is 63.0 Å². The summed E-state index contributed by atoms with van der Waals surface area (Å²) in [6.45, 7) is 1.51. The van der Waals surface area contributed by atoms with Gasteiger partial charge in [0.15, 0.2) is 0 Å². The third-order valence-electron chi connectivity index (χ3n) is 2.38. The average Bonchev–Trinajstić information content (AvgIpc) is 2.38. The first kappa shape index (κ1) is 11.4. The predicted molar refractivity (Wildman–Crippen MR) is 70.4 cm³/mol. The van der Waals surface area contributed by atoms with E-state index in [0.717, 1.165) is 17.9 Å². The fourth-order valence-electron chi connectivity index (χ4n) is 1.48. The van der Waals surface area contributed by atoms with Crippen molar-refractivity contribution in [2.45, 2.75) is 6.54 Å². The molecule has 0 bridgehead atoms. The lowest BCUT2D eigenvalue weighted by atomic mass is 10.3. The van der Waals surface area contributed by atoms with E-state index in [1.54, 1.807) is 6.20 Å². The molecule has 0 aliphatic rings. The van der Waals surface area contributed by atoms with Gasteiger partial charge in [-0.05, 0) is 35.9 Å². The Kier molecular flexibility index (Phi) is 3.94. The summed E-state index contributed by atoms with van der Waals surface area (Å²) in [4.78, 5) is 4.06. The summed E-state index contributed by atoms with van der Waals surface area (Å²) in [5.41, 5.74) is 8.61. The molecule has 0 aliphatic carbocycles. The van der Waals surface area contributed by atoms with Crippen LogP contribution in [-0.2, 0) is 6.54 Å². The van der Waals surface area contributed by atoms with E-state index in [2.05, 4.69) is 15.6 Å². The van der Waals surface area contributed by atoms with E-state index in [4.69, 9.17) is 5.73 Å². The van der Waals surface area contributed by atoms with Gasteiger partial charge in [0.05, 0.1) is 6.67 Å². The van der Waals surface area contributed by atoms with E-state index in [0.29, 0.717) is 6.67 Å². The summed E-state index contributed by atoms with van der Waals surface area (Å²) in [5.74, 6) is 0. The molecule has 0 unspecified atom stereocenters. The summed E-state index contributed by atoms with van der Waals surface area (Å²) >= 11 is 0. The van der Waals surface area contributed by atoms with Crippen LogP contribution in [0.2, 0.25) is 0 Å². The monoisotopic (exact) mass is 228 g/mol. The number of hydrogen-bond acceptors (Lipinski definition) is 4. The molecule has 2 rings (SSSR count). The first-order chi connectivity index (χ1) is 8.34. The Morgan fingerprint density at radius 1 is 1.12 bits per heavy atom. The normalized spacial score (nSPS) is 10.1. The Balaban J connectivity index is 1.71. The lowest BCUT2D eigenvalue weighted by molar-refractivity contribution is 0.732. The second-order valence-electron chi connectivity index (χ2n) is 3.76. The molecule has 0 atom stereocenters. The van der Waals surface area contributed by atoms with Gasteiger partial charge in [-0.1, -0.05) is 6.07 Å². The molecule has 4 nitrogen and oxygen atoms in total. The van der Waals surface area contributed by atoms with Crippen molar-refractivity contribution in [2.75, 3.05) is 17.7 Å². The van der Waals surface area contributed by atoms with Crippen molar-refractivity contribution in [2.24, 2.45) is 0 Å². The smallest absolute Gasteiger partial charge is 0.0655 e. The highest BCUT2D eigenvalue weighted by Gasteiger charge is 1.92. The van der Waals surface area contributed by atoms with Crippen LogP contribution in [0.15, 0.2) is 48.8 Å². The van der Waals surface area contributed by atoms with Crippen molar-refractivity contribution in [3.63, 3.8) is 0 Å². The third-order valence-corrected chi connectivity index (χ3v) is 2.38. The number of nitrogens with zero attached hydrogens (tertiary/aromatic N) is 1. The minimum atomic E-state index is 0.707. The van der Waals surface area contributed by atoms with Crippen LogP contribution in [0.5, 0.6) is 0 Å². The number of nitrogen functional groups attached to an aromatic ring is 1. The van der Waals surface area contributed by atoms with Gasteiger partial charge in [0.25, 0.3) is 0 Å². The number of nitrogens with two attached hydrogens (primary N) is 1. The van der Waals surface area contributed by atoms with Crippen LogP contribution in [0.3, 0.4) is 0 Å². The highest BCUT2D eigenvalue weighted by atomic mass is 15.1. The number of hydrogen-bond donors (Lipinski definition) is 3. The highest BCUT2D eigenvalue weighted by Crippen LogP contribution is 2.09. The molecular formula is C13H16N4. The molecule has 0 amide bonds. The minimum Gasteiger partial charge on any atom is -0.399 e. The summed E-state index contributed by atoms with van der Waals surface area (Å²) < 4.78 is 0. The molecule has 1 heterocycles. The van der Waals surface area contributed by atoms with Crippen molar-refractivity contribution in [1.29, 1.82) is 0 Å². The first-order valence-corrected chi connectivity index (χ1v) is 5.53. The Bertz CT molecular complexity index is 439. The molecule has 4 heteroatoms. The molecular weight excluding hydrogens is 212 g/mol. The molecule has 0 radical (unpaired) electrons. The Morgan fingerprint density at radius 3 is 2.65 bits per heavy atom. The van der Waals surface area contributed by atoms with Gasteiger partial charge in [-0.25, -0.2) is 0 Å². The number of rotatable bonds is 5. The van der Waals surface area contributed by atoms with Gasteiger partial charge in [-0.3, -0.25) is 10.3 Å². The van der Waals surface area contributed by atoms with Crippen molar-refractivity contribution in [3.05, 3.63) is 54.4 Å². The maximum atomic E-state index is 5.61. The largest absolute Gasteiger partial charge is 0.399 e. The summed E-state index contributed by atoms with van der Waals surface area (Å²) in [6.07, 6.45) is 3.63. The van der Waals surface area contributed by atoms with E-state index < -0.39 is 0 Å². The van der Waals surface area contributed by atoms with Crippen LogP contribution in [0, 0.1) is 0 Å². The van der Waals surface area contributed by atoms with E-state index in [1.165, 1.54) is 5.56 Å². The SMILES string of the molecule is Nc1ccc(NCNCc2cccnc2)cc1. The minimum absolute atomic E-state index is 0.707. The molecule has 0 saturated heterocycles. The molecule has 2 aromatic rings. The standard InChI is InChI=1S/C13H16N4/c14-12-3-5-13(6-4-12)17-10-16-9-11-2-1-7-15-8-11/h1-8,16-17H,9-10,14H2. The zero-order valence-electron chi connectivity index (χ0n) is 9.56.